The summed E-state index contributed by atoms with van der Waals surface area (Å²) in [4.78, 5) is 24.2. The molecule has 0 fully saturated rings. The van der Waals surface area contributed by atoms with Crippen LogP contribution in [-0.4, -0.2) is 29.8 Å². The molecule has 2 aromatic carbocycles. The molecule has 0 unspecified atom stereocenters. The number of nitro benzene ring substituents is 1. The minimum Gasteiger partial charge on any atom is -0.355 e. The van der Waals surface area contributed by atoms with Crippen molar-refractivity contribution in [1.82, 2.24) is 10.2 Å². The molecule has 2 rings (SSSR count). The van der Waals surface area contributed by atoms with Gasteiger partial charge in [0.15, 0.2) is 0 Å². The van der Waals surface area contributed by atoms with Crippen LogP contribution in [0.2, 0.25) is 0 Å². The van der Waals surface area contributed by atoms with Crippen molar-refractivity contribution in [3.8, 4) is 0 Å². The molecule has 0 saturated heterocycles. The number of carbonyl (C=O) groups is 1. The first-order valence-electron chi connectivity index (χ1n) is 7.23. The fourth-order valence-electron chi connectivity index (χ4n) is 2.39. The van der Waals surface area contributed by atoms with Crippen LogP contribution >= 0.6 is 0 Å². The Kier molecular flexibility index (Phi) is 5.43. The zero-order valence-corrected chi connectivity index (χ0v) is 13.2. The molecule has 0 aliphatic heterocycles. The molecule has 0 bridgehead atoms. The molecular weight excluding hydrogens is 294 g/mol. The van der Waals surface area contributed by atoms with Gasteiger partial charge in [-0.05, 0) is 24.7 Å². The van der Waals surface area contributed by atoms with Crippen LogP contribution in [0.3, 0.4) is 0 Å². The Morgan fingerprint density at radius 2 is 1.78 bits per heavy atom. The van der Waals surface area contributed by atoms with E-state index in [1.165, 1.54) is 6.07 Å². The van der Waals surface area contributed by atoms with Crippen LogP contribution in [0.25, 0.3) is 0 Å². The van der Waals surface area contributed by atoms with Gasteiger partial charge in [-0.25, -0.2) is 0 Å². The average molecular weight is 313 g/mol. The standard InChI is InChI=1S/C17H19N3O3/c1-18-17(21)14-9-7-13(8-10-14)11-19(2)12-15-5-3-4-6-16(15)20(22)23/h3-10H,11-12H2,1-2H3,(H,18,21). The second kappa shape index (κ2) is 7.51. The Morgan fingerprint density at radius 3 is 2.39 bits per heavy atom. The van der Waals surface area contributed by atoms with E-state index in [2.05, 4.69) is 5.32 Å². The molecule has 23 heavy (non-hydrogen) atoms. The van der Waals surface area contributed by atoms with Crippen LogP contribution in [0.5, 0.6) is 0 Å². The molecule has 0 radical (unpaired) electrons. The summed E-state index contributed by atoms with van der Waals surface area (Å²) in [6.07, 6.45) is 0. The van der Waals surface area contributed by atoms with E-state index in [9.17, 15) is 14.9 Å². The largest absolute Gasteiger partial charge is 0.355 e. The highest BCUT2D eigenvalue weighted by Crippen LogP contribution is 2.19. The highest BCUT2D eigenvalue weighted by Gasteiger charge is 2.14. The Labute approximate surface area is 134 Å². The minimum atomic E-state index is -0.360. The zero-order chi connectivity index (χ0) is 16.8. The zero-order valence-electron chi connectivity index (χ0n) is 13.2. The van der Waals surface area contributed by atoms with Crippen LogP contribution in [0.1, 0.15) is 21.5 Å². The quantitative estimate of drug-likeness (QED) is 0.657. The molecule has 0 saturated carbocycles. The first-order chi connectivity index (χ1) is 11.0. The first kappa shape index (κ1) is 16.6. The summed E-state index contributed by atoms with van der Waals surface area (Å²) in [5.41, 5.74) is 2.47. The van der Waals surface area contributed by atoms with Crippen molar-refractivity contribution >= 4 is 11.6 Å². The van der Waals surface area contributed by atoms with Crippen LogP contribution in [-0.2, 0) is 13.1 Å². The molecule has 2 aromatic rings. The topological polar surface area (TPSA) is 75.5 Å². The monoisotopic (exact) mass is 313 g/mol. The number of nitro groups is 1. The maximum atomic E-state index is 11.5. The summed E-state index contributed by atoms with van der Waals surface area (Å²) in [6.45, 7) is 1.12. The first-order valence-corrected chi connectivity index (χ1v) is 7.23. The number of nitrogens with one attached hydrogen (secondary N) is 1. The summed E-state index contributed by atoms with van der Waals surface area (Å²) in [7, 11) is 3.50. The van der Waals surface area contributed by atoms with E-state index in [0.717, 1.165) is 5.56 Å². The highest BCUT2D eigenvalue weighted by atomic mass is 16.6. The molecule has 1 amide bonds. The van der Waals surface area contributed by atoms with Gasteiger partial charge < -0.3 is 5.32 Å². The van der Waals surface area contributed by atoms with Gasteiger partial charge in [0.2, 0.25) is 0 Å². The minimum absolute atomic E-state index is 0.121. The molecule has 0 aromatic heterocycles. The van der Waals surface area contributed by atoms with Crippen LogP contribution in [0.4, 0.5) is 5.69 Å². The Balaban J connectivity index is 2.04. The SMILES string of the molecule is CNC(=O)c1ccc(CN(C)Cc2ccccc2[N+](=O)[O-])cc1. The van der Waals surface area contributed by atoms with E-state index in [1.807, 2.05) is 24.1 Å². The Hall–Kier alpha value is -2.73. The second-order valence-corrected chi connectivity index (χ2v) is 5.33. The summed E-state index contributed by atoms with van der Waals surface area (Å²) < 4.78 is 0. The van der Waals surface area contributed by atoms with Gasteiger partial charge >= 0.3 is 0 Å². The smallest absolute Gasteiger partial charge is 0.273 e. The van der Waals surface area contributed by atoms with Crippen molar-refractivity contribution < 1.29 is 9.72 Å². The molecule has 0 spiro atoms. The maximum Gasteiger partial charge on any atom is 0.273 e. The number of para-hydroxylation sites is 1. The van der Waals surface area contributed by atoms with Gasteiger partial charge in [0.25, 0.3) is 11.6 Å². The summed E-state index contributed by atoms with van der Waals surface area (Å²) in [5.74, 6) is -0.121. The normalized spacial score (nSPS) is 10.6. The average Bonchev–Trinajstić information content (AvgIpc) is 2.55. The maximum absolute atomic E-state index is 11.5. The fraction of sp³-hybridized carbons (Fsp3) is 0.235. The molecule has 1 N–H and O–H groups in total. The van der Waals surface area contributed by atoms with Crippen molar-refractivity contribution in [3.63, 3.8) is 0 Å². The van der Waals surface area contributed by atoms with Gasteiger partial charge in [-0.15, -0.1) is 0 Å². The third kappa shape index (κ3) is 4.37. The third-order valence-electron chi connectivity index (χ3n) is 3.52. The van der Waals surface area contributed by atoms with E-state index in [-0.39, 0.29) is 16.5 Å². The van der Waals surface area contributed by atoms with E-state index < -0.39 is 0 Å². The molecule has 0 atom stereocenters. The lowest BCUT2D eigenvalue weighted by Crippen LogP contribution is -2.19. The van der Waals surface area contributed by atoms with E-state index >= 15 is 0 Å². The number of hydrogen-bond donors (Lipinski definition) is 1. The lowest BCUT2D eigenvalue weighted by Gasteiger charge is -2.17. The number of rotatable bonds is 6. The lowest BCUT2D eigenvalue weighted by molar-refractivity contribution is -0.385. The van der Waals surface area contributed by atoms with Gasteiger partial charge in [0.05, 0.1) is 4.92 Å². The third-order valence-corrected chi connectivity index (χ3v) is 3.52. The highest BCUT2D eigenvalue weighted by molar-refractivity contribution is 5.93. The molecule has 0 aliphatic carbocycles. The van der Waals surface area contributed by atoms with Crippen LogP contribution in [0.15, 0.2) is 48.5 Å². The number of amides is 1. The van der Waals surface area contributed by atoms with Crippen molar-refractivity contribution in [3.05, 3.63) is 75.3 Å². The predicted molar refractivity (Wildman–Crippen MR) is 88.1 cm³/mol. The van der Waals surface area contributed by atoms with E-state index in [1.54, 1.807) is 37.4 Å². The Morgan fingerprint density at radius 1 is 1.13 bits per heavy atom. The number of hydrogen-bond acceptors (Lipinski definition) is 4. The van der Waals surface area contributed by atoms with Crippen molar-refractivity contribution in [2.45, 2.75) is 13.1 Å². The predicted octanol–water partition coefficient (Wildman–Crippen LogP) is 2.59. The van der Waals surface area contributed by atoms with E-state index in [4.69, 9.17) is 0 Å². The van der Waals surface area contributed by atoms with Gasteiger partial charge in [0.1, 0.15) is 0 Å². The number of benzene rings is 2. The summed E-state index contributed by atoms with van der Waals surface area (Å²) in [5, 5.41) is 13.6. The van der Waals surface area contributed by atoms with Crippen molar-refractivity contribution in [1.29, 1.82) is 0 Å². The number of nitrogens with zero attached hydrogens (tertiary/aromatic N) is 2. The van der Waals surface area contributed by atoms with Crippen LogP contribution < -0.4 is 5.32 Å². The summed E-state index contributed by atoms with van der Waals surface area (Å²) in [6, 6.07) is 14.1. The van der Waals surface area contributed by atoms with Gasteiger partial charge in [-0.1, -0.05) is 30.3 Å². The van der Waals surface area contributed by atoms with Crippen LogP contribution in [0, 0.1) is 10.1 Å². The van der Waals surface area contributed by atoms with E-state index in [0.29, 0.717) is 24.2 Å². The fourth-order valence-corrected chi connectivity index (χ4v) is 2.39. The van der Waals surface area contributed by atoms with Crippen molar-refractivity contribution in [2.75, 3.05) is 14.1 Å². The van der Waals surface area contributed by atoms with Gasteiger partial charge in [-0.3, -0.25) is 19.8 Å². The van der Waals surface area contributed by atoms with Crippen molar-refractivity contribution in [2.24, 2.45) is 0 Å². The molecule has 120 valence electrons. The molecule has 6 heteroatoms. The van der Waals surface area contributed by atoms with Gasteiger partial charge in [-0.2, -0.15) is 0 Å². The Bertz CT molecular complexity index is 698. The molecule has 0 heterocycles. The second-order valence-electron chi connectivity index (χ2n) is 5.33. The lowest BCUT2D eigenvalue weighted by atomic mass is 10.1. The number of carbonyl (C=O) groups excluding carboxylic acids is 1. The summed E-state index contributed by atoms with van der Waals surface area (Å²) >= 11 is 0. The van der Waals surface area contributed by atoms with Gasteiger partial charge in [0, 0.05) is 37.3 Å². The molecular formula is C17H19N3O3. The molecule has 6 nitrogen and oxygen atoms in total. The molecule has 0 aliphatic rings.